The maximum Gasteiger partial charge on any atom is 0.259 e. The van der Waals surface area contributed by atoms with Gasteiger partial charge in [0.1, 0.15) is 18.1 Å². The first-order valence-corrected chi connectivity index (χ1v) is 9.92. The van der Waals surface area contributed by atoms with Crippen molar-refractivity contribution in [2.24, 2.45) is 5.92 Å². The number of carbonyl (C=O) groups excluding carboxylic acids is 1. The largest absolute Gasteiger partial charge is 0.493 e. The summed E-state index contributed by atoms with van der Waals surface area (Å²) in [5.41, 5.74) is 2.21. The summed E-state index contributed by atoms with van der Waals surface area (Å²) in [4.78, 5) is 12.9. The van der Waals surface area contributed by atoms with Crippen molar-refractivity contribution in [3.05, 3.63) is 90.0 Å². The minimum atomic E-state index is -0.221. The van der Waals surface area contributed by atoms with E-state index in [1.54, 1.807) is 6.07 Å². The quantitative estimate of drug-likeness (QED) is 0.492. The van der Waals surface area contributed by atoms with Crippen LogP contribution in [0.2, 0.25) is 0 Å². The van der Waals surface area contributed by atoms with Gasteiger partial charge < -0.3 is 14.8 Å². The Morgan fingerprint density at radius 3 is 2.24 bits per heavy atom. The highest BCUT2D eigenvalue weighted by molar-refractivity contribution is 6.06. The number of anilines is 1. The van der Waals surface area contributed by atoms with E-state index in [1.807, 2.05) is 72.8 Å². The summed E-state index contributed by atoms with van der Waals surface area (Å²) in [6, 6.07) is 24.7. The SMILES string of the molecule is CC(C)CCOc1ccccc1C(=O)Nc1ccccc1OCc1ccccc1. The maximum absolute atomic E-state index is 12.9. The van der Waals surface area contributed by atoms with Gasteiger partial charge in [-0.05, 0) is 42.2 Å². The number of para-hydroxylation sites is 3. The van der Waals surface area contributed by atoms with Crippen molar-refractivity contribution in [3.8, 4) is 11.5 Å². The number of hydrogen-bond acceptors (Lipinski definition) is 3. The Balaban J connectivity index is 1.70. The van der Waals surface area contributed by atoms with Gasteiger partial charge in [0.2, 0.25) is 0 Å². The van der Waals surface area contributed by atoms with Gasteiger partial charge in [-0.2, -0.15) is 0 Å². The van der Waals surface area contributed by atoms with Crippen LogP contribution in [0, 0.1) is 5.92 Å². The van der Waals surface area contributed by atoms with Gasteiger partial charge >= 0.3 is 0 Å². The summed E-state index contributed by atoms with van der Waals surface area (Å²) in [6.45, 7) is 5.31. The molecule has 0 bridgehead atoms. The number of ether oxygens (including phenoxy) is 2. The smallest absolute Gasteiger partial charge is 0.259 e. The van der Waals surface area contributed by atoms with Crippen LogP contribution in [0.15, 0.2) is 78.9 Å². The Labute approximate surface area is 172 Å². The Kier molecular flexibility index (Phi) is 7.28. The minimum absolute atomic E-state index is 0.221. The van der Waals surface area contributed by atoms with E-state index in [2.05, 4.69) is 19.2 Å². The third-order valence-corrected chi connectivity index (χ3v) is 4.46. The Morgan fingerprint density at radius 2 is 1.48 bits per heavy atom. The molecule has 3 aromatic carbocycles. The average Bonchev–Trinajstić information content (AvgIpc) is 2.74. The zero-order valence-electron chi connectivity index (χ0n) is 16.9. The van der Waals surface area contributed by atoms with Crippen LogP contribution < -0.4 is 14.8 Å². The highest BCUT2D eigenvalue weighted by Crippen LogP contribution is 2.27. The predicted molar refractivity (Wildman–Crippen MR) is 117 cm³/mol. The molecule has 0 unspecified atom stereocenters. The van der Waals surface area contributed by atoms with Crippen LogP contribution in [-0.2, 0) is 6.61 Å². The van der Waals surface area contributed by atoms with Gasteiger partial charge in [-0.1, -0.05) is 68.4 Å². The molecule has 1 amide bonds. The van der Waals surface area contributed by atoms with E-state index in [0.29, 0.717) is 41.9 Å². The summed E-state index contributed by atoms with van der Waals surface area (Å²) >= 11 is 0. The van der Waals surface area contributed by atoms with E-state index in [0.717, 1.165) is 12.0 Å². The first-order valence-electron chi connectivity index (χ1n) is 9.92. The minimum Gasteiger partial charge on any atom is -0.493 e. The first kappa shape index (κ1) is 20.5. The molecule has 150 valence electrons. The lowest BCUT2D eigenvalue weighted by molar-refractivity contribution is 0.102. The van der Waals surface area contributed by atoms with E-state index in [-0.39, 0.29) is 5.91 Å². The monoisotopic (exact) mass is 389 g/mol. The van der Waals surface area contributed by atoms with Gasteiger partial charge in [0.15, 0.2) is 0 Å². The fraction of sp³-hybridized carbons (Fsp3) is 0.240. The van der Waals surface area contributed by atoms with Gasteiger partial charge in [-0.3, -0.25) is 4.79 Å². The van der Waals surface area contributed by atoms with Crippen molar-refractivity contribution < 1.29 is 14.3 Å². The van der Waals surface area contributed by atoms with E-state index in [1.165, 1.54) is 0 Å². The number of nitrogens with one attached hydrogen (secondary N) is 1. The third kappa shape index (κ3) is 6.11. The second-order valence-electron chi connectivity index (χ2n) is 7.25. The molecule has 29 heavy (non-hydrogen) atoms. The van der Waals surface area contributed by atoms with Gasteiger partial charge in [0.25, 0.3) is 5.91 Å². The molecule has 4 heteroatoms. The van der Waals surface area contributed by atoms with Crippen LogP contribution in [0.4, 0.5) is 5.69 Å². The standard InChI is InChI=1S/C25H27NO3/c1-19(2)16-17-28-23-14-8-6-12-21(23)25(27)26-22-13-7-9-15-24(22)29-18-20-10-4-3-5-11-20/h3-15,19H,16-18H2,1-2H3,(H,26,27). The molecule has 0 aliphatic rings. The van der Waals surface area contributed by atoms with Crippen LogP contribution in [0.5, 0.6) is 11.5 Å². The van der Waals surface area contributed by atoms with Crippen molar-refractivity contribution >= 4 is 11.6 Å². The molecule has 0 radical (unpaired) electrons. The lowest BCUT2D eigenvalue weighted by Crippen LogP contribution is -2.15. The molecule has 0 spiro atoms. The topological polar surface area (TPSA) is 47.6 Å². The van der Waals surface area contributed by atoms with Crippen LogP contribution in [0.3, 0.4) is 0 Å². The lowest BCUT2D eigenvalue weighted by Gasteiger charge is -2.15. The summed E-state index contributed by atoms with van der Waals surface area (Å²) in [7, 11) is 0. The summed E-state index contributed by atoms with van der Waals surface area (Å²) in [6.07, 6.45) is 0.937. The normalized spacial score (nSPS) is 10.6. The molecular formula is C25H27NO3. The summed E-state index contributed by atoms with van der Waals surface area (Å²) in [5, 5.41) is 2.96. The van der Waals surface area contributed by atoms with Gasteiger partial charge in [-0.25, -0.2) is 0 Å². The summed E-state index contributed by atoms with van der Waals surface area (Å²) < 4.78 is 11.8. The highest BCUT2D eigenvalue weighted by atomic mass is 16.5. The van der Waals surface area contributed by atoms with E-state index in [9.17, 15) is 4.79 Å². The summed E-state index contributed by atoms with van der Waals surface area (Å²) in [5.74, 6) is 1.54. The molecule has 0 aliphatic carbocycles. The molecule has 0 heterocycles. The van der Waals surface area contributed by atoms with Crippen LogP contribution in [0.25, 0.3) is 0 Å². The van der Waals surface area contributed by atoms with Crippen molar-refractivity contribution in [2.75, 3.05) is 11.9 Å². The van der Waals surface area contributed by atoms with E-state index >= 15 is 0 Å². The molecule has 0 fully saturated rings. The molecule has 0 saturated carbocycles. The zero-order valence-corrected chi connectivity index (χ0v) is 16.9. The molecular weight excluding hydrogens is 362 g/mol. The van der Waals surface area contributed by atoms with Crippen molar-refractivity contribution in [1.82, 2.24) is 0 Å². The van der Waals surface area contributed by atoms with Gasteiger partial charge in [-0.15, -0.1) is 0 Å². The van der Waals surface area contributed by atoms with E-state index < -0.39 is 0 Å². The molecule has 1 N–H and O–H groups in total. The van der Waals surface area contributed by atoms with Crippen LogP contribution in [-0.4, -0.2) is 12.5 Å². The average molecular weight is 389 g/mol. The van der Waals surface area contributed by atoms with Crippen molar-refractivity contribution in [1.29, 1.82) is 0 Å². The Morgan fingerprint density at radius 1 is 0.828 bits per heavy atom. The van der Waals surface area contributed by atoms with Gasteiger partial charge in [0.05, 0.1) is 17.9 Å². The number of carbonyl (C=O) groups is 1. The second-order valence-corrected chi connectivity index (χ2v) is 7.25. The van der Waals surface area contributed by atoms with Crippen molar-refractivity contribution in [2.45, 2.75) is 26.9 Å². The van der Waals surface area contributed by atoms with E-state index in [4.69, 9.17) is 9.47 Å². The molecule has 3 rings (SSSR count). The first-order chi connectivity index (χ1) is 14.1. The highest BCUT2D eigenvalue weighted by Gasteiger charge is 2.14. The third-order valence-electron chi connectivity index (χ3n) is 4.46. The van der Waals surface area contributed by atoms with Gasteiger partial charge in [0, 0.05) is 0 Å². The number of rotatable bonds is 9. The predicted octanol–water partition coefficient (Wildman–Crippen LogP) is 5.94. The molecule has 0 atom stereocenters. The molecule has 0 saturated heterocycles. The molecule has 0 aromatic heterocycles. The zero-order chi connectivity index (χ0) is 20.5. The Bertz CT molecular complexity index is 922. The number of benzene rings is 3. The number of amides is 1. The molecule has 4 nitrogen and oxygen atoms in total. The van der Waals surface area contributed by atoms with Crippen molar-refractivity contribution in [3.63, 3.8) is 0 Å². The van der Waals surface area contributed by atoms with Crippen LogP contribution >= 0.6 is 0 Å². The second kappa shape index (κ2) is 10.3. The molecule has 3 aromatic rings. The number of hydrogen-bond donors (Lipinski definition) is 1. The van der Waals surface area contributed by atoms with Crippen LogP contribution in [0.1, 0.15) is 36.2 Å². The lowest BCUT2D eigenvalue weighted by atomic mass is 10.1. The maximum atomic E-state index is 12.9. The Hall–Kier alpha value is -3.27. The molecule has 0 aliphatic heterocycles. The fourth-order valence-electron chi connectivity index (χ4n) is 2.81. The fourth-order valence-corrected chi connectivity index (χ4v) is 2.81.